The zero-order chi connectivity index (χ0) is 19.1. The Morgan fingerprint density at radius 1 is 1.11 bits per heavy atom. The van der Waals surface area contributed by atoms with Gasteiger partial charge in [-0.15, -0.1) is 0 Å². The third-order valence-electron chi connectivity index (χ3n) is 3.98. The molecule has 0 radical (unpaired) electrons. The first-order valence-corrected chi connectivity index (χ1v) is 8.54. The summed E-state index contributed by atoms with van der Waals surface area (Å²) in [5.41, 5.74) is 2.13. The monoisotopic (exact) mass is 365 g/mol. The molecule has 138 valence electrons. The molecule has 1 heterocycles. The molecule has 3 rings (SSSR count). The standard InChI is InChI=1S/C21H20FN3O2/c1-27-19-4-2-3-15(13-19)11-12-23-20-10-9-18(14-24-20)25-21(26)16-5-7-17(22)8-6-16/h2-10,13-14H,11-12H2,1H3,(H,23,24)(H,25,26). The highest BCUT2D eigenvalue weighted by Gasteiger charge is 2.06. The molecule has 27 heavy (non-hydrogen) atoms. The number of amides is 1. The van der Waals surface area contributed by atoms with Crippen LogP contribution >= 0.6 is 0 Å². The van der Waals surface area contributed by atoms with E-state index in [2.05, 4.69) is 15.6 Å². The molecule has 0 fully saturated rings. The minimum atomic E-state index is -0.377. The van der Waals surface area contributed by atoms with Gasteiger partial charge in [0.15, 0.2) is 0 Å². The molecule has 0 saturated heterocycles. The van der Waals surface area contributed by atoms with E-state index in [0.29, 0.717) is 11.3 Å². The van der Waals surface area contributed by atoms with Crippen LogP contribution in [0.4, 0.5) is 15.9 Å². The summed E-state index contributed by atoms with van der Waals surface area (Å²) in [6.45, 7) is 0.724. The summed E-state index contributed by atoms with van der Waals surface area (Å²) in [6, 6.07) is 16.9. The maximum Gasteiger partial charge on any atom is 0.255 e. The largest absolute Gasteiger partial charge is 0.497 e. The molecule has 6 heteroatoms. The highest BCUT2D eigenvalue weighted by molar-refractivity contribution is 6.04. The molecule has 1 amide bonds. The molecule has 3 aromatic rings. The maximum absolute atomic E-state index is 12.9. The number of pyridine rings is 1. The number of halogens is 1. The molecule has 0 atom stereocenters. The van der Waals surface area contributed by atoms with Crippen molar-refractivity contribution in [1.29, 1.82) is 0 Å². The molecular formula is C21H20FN3O2. The molecular weight excluding hydrogens is 345 g/mol. The van der Waals surface area contributed by atoms with Crippen LogP contribution in [0.1, 0.15) is 15.9 Å². The number of hydrogen-bond acceptors (Lipinski definition) is 4. The summed E-state index contributed by atoms with van der Waals surface area (Å²) in [4.78, 5) is 16.4. The second-order valence-corrected chi connectivity index (χ2v) is 5.92. The molecule has 1 aromatic heterocycles. The molecule has 0 bridgehead atoms. The highest BCUT2D eigenvalue weighted by Crippen LogP contribution is 2.14. The van der Waals surface area contributed by atoms with Crippen molar-refractivity contribution in [2.24, 2.45) is 0 Å². The number of methoxy groups -OCH3 is 1. The lowest BCUT2D eigenvalue weighted by Gasteiger charge is -2.09. The van der Waals surface area contributed by atoms with Crippen LogP contribution in [-0.4, -0.2) is 24.5 Å². The quantitative estimate of drug-likeness (QED) is 0.661. The average molecular weight is 365 g/mol. The van der Waals surface area contributed by atoms with Gasteiger partial charge in [-0.25, -0.2) is 9.37 Å². The summed E-state index contributed by atoms with van der Waals surface area (Å²) < 4.78 is 18.1. The summed E-state index contributed by atoms with van der Waals surface area (Å²) in [5, 5.41) is 5.98. The Hall–Kier alpha value is -3.41. The predicted octanol–water partition coefficient (Wildman–Crippen LogP) is 4.14. The van der Waals surface area contributed by atoms with Crippen LogP contribution < -0.4 is 15.4 Å². The molecule has 0 spiro atoms. The fraction of sp³-hybridized carbons (Fsp3) is 0.143. The first-order valence-electron chi connectivity index (χ1n) is 8.54. The van der Waals surface area contributed by atoms with E-state index in [1.807, 2.05) is 24.3 Å². The van der Waals surface area contributed by atoms with E-state index in [1.54, 1.807) is 25.4 Å². The van der Waals surface area contributed by atoms with Crippen LogP contribution in [0.2, 0.25) is 0 Å². The van der Waals surface area contributed by atoms with Gasteiger partial charge in [-0.05, 0) is 60.5 Å². The molecule has 0 aliphatic rings. The molecule has 2 aromatic carbocycles. The van der Waals surface area contributed by atoms with Gasteiger partial charge in [-0.3, -0.25) is 4.79 Å². The first-order chi connectivity index (χ1) is 13.1. The van der Waals surface area contributed by atoms with Crippen molar-refractivity contribution in [1.82, 2.24) is 4.98 Å². The third-order valence-corrected chi connectivity index (χ3v) is 3.98. The van der Waals surface area contributed by atoms with Gasteiger partial charge in [0.1, 0.15) is 17.4 Å². The van der Waals surface area contributed by atoms with Gasteiger partial charge in [-0.2, -0.15) is 0 Å². The number of carbonyl (C=O) groups excluding carboxylic acids is 1. The van der Waals surface area contributed by atoms with Gasteiger partial charge in [0, 0.05) is 12.1 Å². The van der Waals surface area contributed by atoms with Gasteiger partial charge in [-0.1, -0.05) is 12.1 Å². The van der Waals surface area contributed by atoms with Crippen LogP contribution in [0, 0.1) is 5.82 Å². The van der Waals surface area contributed by atoms with Crippen molar-refractivity contribution in [3.05, 3.63) is 83.8 Å². The van der Waals surface area contributed by atoms with Crippen molar-refractivity contribution >= 4 is 17.4 Å². The molecule has 0 aliphatic carbocycles. The van der Waals surface area contributed by atoms with Crippen molar-refractivity contribution in [3.8, 4) is 5.75 Å². The fourth-order valence-electron chi connectivity index (χ4n) is 2.54. The normalized spacial score (nSPS) is 10.3. The van der Waals surface area contributed by atoms with Crippen LogP contribution in [0.25, 0.3) is 0 Å². The van der Waals surface area contributed by atoms with Crippen molar-refractivity contribution in [2.75, 3.05) is 24.3 Å². The Morgan fingerprint density at radius 2 is 1.93 bits per heavy atom. The third kappa shape index (κ3) is 5.28. The zero-order valence-electron chi connectivity index (χ0n) is 14.9. The maximum atomic E-state index is 12.9. The Balaban J connectivity index is 1.51. The minimum Gasteiger partial charge on any atom is -0.497 e. The zero-order valence-corrected chi connectivity index (χ0v) is 14.9. The minimum absolute atomic E-state index is 0.310. The number of nitrogens with one attached hydrogen (secondary N) is 2. The Kier molecular flexibility index (Phi) is 5.99. The lowest BCUT2D eigenvalue weighted by atomic mass is 10.1. The number of nitrogens with zero attached hydrogens (tertiary/aromatic N) is 1. The van der Waals surface area contributed by atoms with Crippen LogP contribution in [0.15, 0.2) is 66.9 Å². The Bertz CT molecular complexity index is 896. The number of benzene rings is 2. The second kappa shape index (κ2) is 8.80. The summed E-state index contributed by atoms with van der Waals surface area (Å²) in [6.07, 6.45) is 2.41. The number of rotatable bonds is 7. The van der Waals surface area contributed by atoms with E-state index in [-0.39, 0.29) is 11.7 Å². The number of carbonyl (C=O) groups is 1. The van der Waals surface area contributed by atoms with E-state index >= 15 is 0 Å². The van der Waals surface area contributed by atoms with Gasteiger partial charge < -0.3 is 15.4 Å². The molecule has 0 aliphatic heterocycles. The summed E-state index contributed by atoms with van der Waals surface area (Å²) in [7, 11) is 1.65. The van der Waals surface area contributed by atoms with Crippen LogP contribution in [-0.2, 0) is 6.42 Å². The summed E-state index contributed by atoms with van der Waals surface area (Å²) in [5.74, 6) is 0.873. The van der Waals surface area contributed by atoms with E-state index < -0.39 is 0 Å². The van der Waals surface area contributed by atoms with E-state index in [9.17, 15) is 9.18 Å². The Morgan fingerprint density at radius 3 is 2.63 bits per heavy atom. The first kappa shape index (κ1) is 18.4. The van der Waals surface area contributed by atoms with E-state index in [0.717, 1.165) is 24.5 Å². The van der Waals surface area contributed by atoms with Crippen LogP contribution in [0.3, 0.4) is 0 Å². The highest BCUT2D eigenvalue weighted by atomic mass is 19.1. The van der Waals surface area contributed by atoms with Crippen molar-refractivity contribution in [2.45, 2.75) is 6.42 Å². The lowest BCUT2D eigenvalue weighted by molar-refractivity contribution is 0.102. The number of aromatic nitrogens is 1. The van der Waals surface area contributed by atoms with Gasteiger partial charge >= 0.3 is 0 Å². The SMILES string of the molecule is COc1cccc(CCNc2ccc(NC(=O)c3ccc(F)cc3)cn2)c1. The topological polar surface area (TPSA) is 63.2 Å². The molecule has 2 N–H and O–H groups in total. The van der Waals surface area contributed by atoms with E-state index in [1.165, 1.54) is 29.8 Å². The predicted molar refractivity (Wildman–Crippen MR) is 104 cm³/mol. The Labute approximate surface area is 157 Å². The number of anilines is 2. The molecule has 5 nitrogen and oxygen atoms in total. The van der Waals surface area contributed by atoms with E-state index in [4.69, 9.17) is 4.74 Å². The van der Waals surface area contributed by atoms with Crippen LogP contribution in [0.5, 0.6) is 5.75 Å². The van der Waals surface area contributed by atoms with Gasteiger partial charge in [0.2, 0.25) is 0 Å². The number of ether oxygens (including phenoxy) is 1. The summed E-state index contributed by atoms with van der Waals surface area (Å²) >= 11 is 0. The average Bonchev–Trinajstić information content (AvgIpc) is 2.70. The van der Waals surface area contributed by atoms with Gasteiger partial charge in [0.05, 0.1) is 19.0 Å². The van der Waals surface area contributed by atoms with Crippen molar-refractivity contribution in [3.63, 3.8) is 0 Å². The molecule has 0 unspecified atom stereocenters. The smallest absolute Gasteiger partial charge is 0.255 e. The van der Waals surface area contributed by atoms with Crippen molar-refractivity contribution < 1.29 is 13.9 Å². The molecule has 0 saturated carbocycles. The lowest BCUT2D eigenvalue weighted by Crippen LogP contribution is -2.12. The van der Waals surface area contributed by atoms with Gasteiger partial charge in [0.25, 0.3) is 5.91 Å². The number of hydrogen-bond donors (Lipinski definition) is 2. The second-order valence-electron chi connectivity index (χ2n) is 5.92. The fourth-order valence-corrected chi connectivity index (χ4v) is 2.54.